The lowest BCUT2D eigenvalue weighted by molar-refractivity contribution is -0.136. The summed E-state index contributed by atoms with van der Waals surface area (Å²) in [5.41, 5.74) is 1.50. The van der Waals surface area contributed by atoms with Crippen molar-refractivity contribution in [2.45, 2.75) is 19.1 Å². The summed E-state index contributed by atoms with van der Waals surface area (Å²) < 4.78 is 55.1. The van der Waals surface area contributed by atoms with Crippen molar-refractivity contribution in [1.82, 2.24) is 9.47 Å². The lowest BCUT2D eigenvalue weighted by Crippen LogP contribution is -2.39. The van der Waals surface area contributed by atoms with E-state index >= 15 is 0 Å². The van der Waals surface area contributed by atoms with E-state index in [1.54, 1.807) is 6.07 Å². The fourth-order valence-corrected chi connectivity index (χ4v) is 3.76. The number of urea groups is 1. The first-order valence-corrected chi connectivity index (χ1v) is 8.73. The number of alkyl halides is 3. The Morgan fingerprint density at radius 3 is 2.64 bits per heavy atom. The number of nitrogens with zero attached hydrogens (tertiary/aromatic N) is 2. The number of aryl methyl sites for hydroxylation is 1. The van der Waals surface area contributed by atoms with Crippen LogP contribution in [0.3, 0.4) is 0 Å². The third-order valence-electron chi connectivity index (χ3n) is 5.13. The van der Waals surface area contributed by atoms with Crippen LogP contribution in [0, 0.1) is 5.82 Å². The summed E-state index contributed by atoms with van der Waals surface area (Å²) in [4.78, 5) is 14.1. The third-order valence-corrected chi connectivity index (χ3v) is 5.13. The number of carbonyl (C=O) groups excluding carboxylic acids is 1. The van der Waals surface area contributed by atoms with Crippen molar-refractivity contribution in [1.29, 1.82) is 0 Å². The molecule has 0 unspecified atom stereocenters. The molecule has 0 aliphatic carbocycles. The van der Waals surface area contributed by atoms with Crippen LogP contribution in [0.5, 0.6) is 0 Å². The summed E-state index contributed by atoms with van der Waals surface area (Å²) in [5.74, 6) is -0.374. The minimum atomic E-state index is -4.56. The zero-order chi connectivity index (χ0) is 20.1. The van der Waals surface area contributed by atoms with Gasteiger partial charge in [-0.2, -0.15) is 13.2 Å². The lowest BCUT2D eigenvalue weighted by Gasteiger charge is -2.28. The van der Waals surface area contributed by atoms with Gasteiger partial charge in [-0.05, 0) is 30.3 Å². The number of halogens is 4. The van der Waals surface area contributed by atoms with Gasteiger partial charge in [0.05, 0.1) is 11.3 Å². The van der Waals surface area contributed by atoms with Crippen molar-refractivity contribution < 1.29 is 22.4 Å². The minimum Gasteiger partial charge on any atom is -0.347 e. The van der Waals surface area contributed by atoms with Gasteiger partial charge < -0.3 is 14.8 Å². The van der Waals surface area contributed by atoms with Gasteiger partial charge in [0.1, 0.15) is 5.82 Å². The van der Waals surface area contributed by atoms with Crippen LogP contribution in [0.15, 0.2) is 42.5 Å². The van der Waals surface area contributed by atoms with Gasteiger partial charge in [0.15, 0.2) is 0 Å². The molecule has 0 atom stereocenters. The molecule has 28 heavy (non-hydrogen) atoms. The molecule has 0 radical (unpaired) electrons. The normalized spacial score (nSPS) is 14.2. The van der Waals surface area contributed by atoms with Crippen molar-refractivity contribution in [3.05, 3.63) is 65.1 Å². The molecule has 0 bridgehead atoms. The summed E-state index contributed by atoms with van der Waals surface area (Å²) in [7, 11) is 1.88. The molecule has 0 saturated heterocycles. The first kappa shape index (κ1) is 18.3. The summed E-state index contributed by atoms with van der Waals surface area (Å²) in [5, 5.41) is 3.08. The highest BCUT2D eigenvalue weighted by Crippen LogP contribution is 2.35. The predicted octanol–water partition coefficient (Wildman–Crippen LogP) is 4.93. The standard InChI is InChI=1S/C20H17F4N3O/c1-26-17-7-6-12(21)10-13(17)14-11-27(9-8-18(14)26)19(28)25-16-5-3-2-4-15(16)20(22,23)24/h2-7,10H,8-9,11H2,1H3,(H,25,28). The number of benzene rings is 2. The summed E-state index contributed by atoms with van der Waals surface area (Å²) in [6, 6.07) is 8.74. The van der Waals surface area contributed by atoms with Crippen molar-refractivity contribution in [2.75, 3.05) is 11.9 Å². The molecule has 1 aromatic heterocycles. The van der Waals surface area contributed by atoms with E-state index in [9.17, 15) is 22.4 Å². The van der Waals surface area contributed by atoms with Gasteiger partial charge in [-0.3, -0.25) is 0 Å². The molecular weight excluding hydrogens is 374 g/mol. The Bertz CT molecular complexity index is 1070. The van der Waals surface area contributed by atoms with Crippen LogP contribution in [0.4, 0.5) is 28.0 Å². The minimum absolute atomic E-state index is 0.205. The second-order valence-electron chi connectivity index (χ2n) is 6.79. The Hall–Kier alpha value is -3.03. The van der Waals surface area contributed by atoms with E-state index in [-0.39, 0.29) is 18.0 Å². The van der Waals surface area contributed by atoms with E-state index in [2.05, 4.69) is 5.32 Å². The first-order chi connectivity index (χ1) is 13.3. The molecule has 0 saturated carbocycles. The van der Waals surface area contributed by atoms with E-state index in [0.29, 0.717) is 18.4 Å². The van der Waals surface area contributed by atoms with E-state index < -0.39 is 17.8 Å². The molecule has 2 aromatic carbocycles. The SMILES string of the molecule is Cn1c2c(c3cc(F)ccc31)CN(C(=O)Nc1ccccc1C(F)(F)F)CC2. The van der Waals surface area contributed by atoms with Gasteiger partial charge in [-0.15, -0.1) is 0 Å². The number of aromatic nitrogens is 1. The summed E-state index contributed by atoms with van der Waals surface area (Å²) >= 11 is 0. The molecule has 1 aliphatic rings. The maximum atomic E-state index is 13.7. The highest BCUT2D eigenvalue weighted by Gasteiger charge is 2.34. The number of para-hydroxylation sites is 1. The van der Waals surface area contributed by atoms with E-state index in [1.807, 2.05) is 11.6 Å². The lowest BCUT2D eigenvalue weighted by atomic mass is 10.0. The zero-order valence-electron chi connectivity index (χ0n) is 15.0. The van der Waals surface area contributed by atoms with Gasteiger partial charge in [-0.25, -0.2) is 9.18 Å². The molecule has 2 amide bonds. The van der Waals surface area contributed by atoms with Crippen LogP contribution in [-0.2, 0) is 26.2 Å². The second-order valence-corrected chi connectivity index (χ2v) is 6.79. The molecule has 3 aromatic rings. The van der Waals surface area contributed by atoms with Crippen LogP contribution in [0.1, 0.15) is 16.8 Å². The molecule has 8 heteroatoms. The molecule has 0 spiro atoms. The van der Waals surface area contributed by atoms with Gasteiger partial charge in [0, 0.05) is 48.7 Å². The summed E-state index contributed by atoms with van der Waals surface area (Å²) in [6.07, 6.45) is -4.03. The number of carbonyl (C=O) groups is 1. The predicted molar refractivity (Wildman–Crippen MR) is 97.5 cm³/mol. The van der Waals surface area contributed by atoms with Crippen LogP contribution in [-0.4, -0.2) is 22.0 Å². The molecule has 0 fully saturated rings. The fourth-order valence-electron chi connectivity index (χ4n) is 3.76. The Labute approximate surface area is 158 Å². The maximum Gasteiger partial charge on any atom is 0.418 e. The maximum absolute atomic E-state index is 13.7. The van der Waals surface area contributed by atoms with Gasteiger partial charge in [0.2, 0.25) is 0 Å². The van der Waals surface area contributed by atoms with Crippen molar-refractivity contribution >= 4 is 22.6 Å². The van der Waals surface area contributed by atoms with Gasteiger partial charge in [-0.1, -0.05) is 12.1 Å². The second kappa shape index (κ2) is 6.54. The topological polar surface area (TPSA) is 37.3 Å². The monoisotopic (exact) mass is 391 g/mol. The van der Waals surface area contributed by atoms with Crippen molar-refractivity contribution in [2.24, 2.45) is 7.05 Å². The highest BCUT2D eigenvalue weighted by atomic mass is 19.4. The van der Waals surface area contributed by atoms with Crippen molar-refractivity contribution in [3.8, 4) is 0 Å². The third kappa shape index (κ3) is 3.08. The van der Waals surface area contributed by atoms with E-state index in [1.165, 1.54) is 35.2 Å². The van der Waals surface area contributed by atoms with Crippen LogP contribution in [0.25, 0.3) is 10.9 Å². The Kier molecular flexibility index (Phi) is 4.28. The molecule has 4 nitrogen and oxygen atoms in total. The number of hydrogen-bond acceptors (Lipinski definition) is 1. The quantitative estimate of drug-likeness (QED) is 0.587. The zero-order valence-corrected chi connectivity index (χ0v) is 15.0. The molecule has 1 aliphatic heterocycles. The number of amides is 2. The van der Waals surface area contributed by atoms with Gasteiger partial charge >= 0.3 is 12.2 Å². The largest absolute Gasteiger partial charge is 0.418 e. The molecule has 146 valence electrons. The van der Waals surface area contributed by atoms with Crippen molar-refractivity contribution in [3.63, 3.8) is 0 Å². The van der Waals surface area contributed by atoms with Crippen LogP contribution in [0.2, 0.25) is 0 Å². The smallest absolute Gasteiger partial charge is 0.347 e. The highest BCUT2D eigenvalue weighted by molar-refractivity contribution is 5.92. The summed E-state index contributed by atoms with van der Waals surface area (Å²) in [6.45, 7) is 0.565. The fraction of sp³-hybridized carbons (Fsp3) is 0.250. The first-order valence-electron chi connectivity index (χ1n) is 8.73. The number of fused-ring (bicyclic) bond motifs is 3. The van der Waals surface area contributed by atoms with Crippen LogP contribution >= 0.6 is 0 Å². The van der Waals surface area contributed by atoms with E-state index in [0.717, 1.165) is 22.8 Å². The number of nitrogens with one attached hydrogen (secondary N) is 1. The number of anilines is 1. The average Bonchev–Trinajstić information content (AvgIpc) is 2.92. The Morgan fingerprint density at radius 1 is 1.14 bits per heavy atom. The Balaban J connectivity index is 1.62. The van der Waals surface area contributed by atoms with Gasteiger partial charge in [0.25, 0.3) is 0 Å². The number of rotatable bonds is 1. The molecular formula is C20H17F4N3O. The molecule has 4 rings (SSSR count). The Morgan fingerprint density at radius 2 is 1.89 bits per heavy atom. The molecule has 1 N–H and O–H groups in total. The number of hydrogen-bond donors (Lipinski definition) is 1. The molecule has 2 heterocycles. The average molecular weight is 391 g/mol. The van der Waals surface area contributed by atoms with E-state index in [4.69, 9.17) is 0 Å². The van der Waals surface area contributed by atoms with Crippen LogP contribution < -0.4 is 5.32 Å².